The summed E-state index contributed by atoms with van der Waals surface area (Å²) in [6, 6.07) is 0. The van der Waals surface area contributed by atoms with Gasteiger partial charge >= 0.3 is 0 Å². The maximum Gasteiger partial charge on any atom is 0.217 e. The van der Waals surface area contributed by atoms with Gasteiger partial charge < -0.3 is 4.55 Å². The third-order valence-electron chi connectivity index (χ3n) is 9.36. The van der Waals surface area contributed by atoms with Gasteiger partial charge in [0.1, 0.15) is 5.78 Å². The summed E-state index contributed by atoms with van der Waals surface area (Å²) in [7, 11) is -4.62. The number of ketones is 1. The van der Waals surface area contributed by atoms with Crippen molar-refractivity contribution in [2.24, 2.45) is 40.4 Å². The third kappa shape index (κ3) is 3.20. The van der Waals surface area contributed by atoms with Crippen LogP contribution in [-0.2, 0) is 19.4 Å². The van der Waals surface area contributed by atoms with Gasteiger partial charge in [-0.25, -0.2) is 8.42 Å². The molecular formula is C21H33O5S-. The fourth-order valence-electron chi connectivity index (χ4n) is 8.14. The van der Waals surface area contributed by atoms with Crippen LogP contribution in [0.1, 0.15) is 78.6 Å². The predicted molar refractivity (Wildman–Crippen MR) is 100 cm³/mol. The summed E-state index contributed by atoms with van der Waals surface area (Å²) < 4.78 is 37.8. The van der Waals surface area contributed by atoms with E-state index in [1.807, 2.05) is 0 Å². The molecule has 0 amide bonds. The van der Waals surface area contributed by atoms with E-state index >= 15 is 0 Å². The highest BCUT2D eigenvalue weighted by atomic mass is 32.3. The van der Waals surface area contributed by atoms with E-state index in [4.69, 9.17) is 4.18 Å². The maximum atomic E-state index is 12.2. The normalized spacial score (nSPS) is 49.8. The smallest absolute Gasteiger partial charge is 0.217 e. The molecule has 0 aromatic rings. The van der Waals surface area contributed by atoms with Crippen LogP contribution in [0.2, 0.25) is 0 Å². The molecule has 154 valence electrons. The Kier molecular flexibility index (Phi) is 4.80. The molecule has 0 bridgehead atoms. The average molecular weight is 398 g/mol. The van der Waals surface area contributed by atoms with Gasteiger partial charge in [0.25, 0.3) is 0 Å². The van der Waals surface area contributed by atoms with Crippen molar-refractivity contribution in [1.29, 1.82) is 0 Å². The lowest BCUT2D eigenvalue weighted by atomic mass is 9.44. The van der Waals surface area contributed by atoms with E-state index in [2.05, 4.69) is 13.8 Å². The van der Waals surface area contributed by atoms with Gasteiger partial charge in [0.15, 0.2) is 0 Å². The lowest BCUT2D eigenvalue weighted by molar-refractivity contribution is -0.137. The molecule has 0 heterocycles. The van der Waals surface area contributed by atoms with Crippen molar-refractivity contribution in [3.8, 4) is 0 Å². The topological polar surface area (TPSA) is 83.5 Å². The van der Waals surface area contributed by atoms with Gasteiger partial charge in [-0.2, -0.15) is 0 Å². The quantitative estimate of drug-likeness (QED) is 0.529. The second-order valence-electron chi connectivity index (χ2n) is 10.3. The second kappa shape index (κ2) is 6.53. The zero-order valence-electron chi connectivity index (χ0n) is 16.8. The molecule has 4 aliphatic rings. The van der Waals surface area contributed by atoms with Crippen molar-refractivity contribution in [2.45, 2.75) is 84.7 Å². The van der Waals surface area contributed by atoms with Crippen molar-refractivity contribution in [3.05, 3.63) is 0 Å². The molecule has 4 aliphatic carbocycles. The summed E-state index contributed by atoms with van der Waals surface area (Å²) in [6.07, 6.45) is 8.68. The van der Waals surface area contributed by atoms with Crippen molar-refractivity contribution in [2.75, 3.05) is 0 Å². The van der Waals surface area contributed by atoms with Gasteiger partial charge in [-0.1, -0.05) is 13.8 Å². The third-order valence-corrected chi connectivity index (χ3v) is 9.87. The Hall–Kier alpha value is -0.460. The zero-order valence-corrected chi connectivity index (χ0v) is 17.6. The van der Waals surface area contributed by atoms with Gasteiger partial charge in [0.05, 0.1) is 6.10 Å². The number of Topliss-reactive ketones (excluding diaryl/α,β-unsaturated/α-hetero) is 1. The summed E-state index contributed by atoms with van der Waals surface area (Å²) >= 11 is 0. The Morgan fingerprint density at radius 3 is 2.30 bits per heavy atom. The molecule has 0 saturated heterocycles. The van der Waals surface area contributed by atoms with Crippen molar-refractivity contribution >= 4 is 16.2 Å². The first-order valence-corrected chi connectivity index (χ1v) is 12.0. The van der Waals surface area contributed by atoms with Crippen LogP contribution in [0.4, 0.5) is 0 Å². The summed E-state index contributed by atoms with van der Waals surface area (Å²) in [6.45, 7) is 6.54. The van der Waals surface area contributed by atoms with Crippen LogP contribution >= 0.6 is 0 Å². The predicted octanol–water partition coefficient (Wildman–Crippen LogP) is 4.08. The molecule has 27 heavy (non-hydrogen) atoms. The molecule has 0 spiro atoms. The lowest BCUT2D eigenvalue weighted by Gasteiger charge is -2.61. The SMILES string of the molecule is CC(=O)[C@H]1CC[C@H]2[C@@H]3CC[C@H]4C[C@@H](OS(=O)(=O)[O-])CC[C@]4(C)[C@H]3CC[C@]12C. The highest BCUT2D eigenvalue weighted by Crippen LogP contribution is 2.67. The Labute approximate surface area is 163 Å². The van der Waals surface area contributed by atoms with Gasteiger partial charge in [-0.05, 0) is 99.2 Å². The fraction of sp³-hybridized carbons (Fsp3) is 0.952. The van der Waals surface area contributed by atoms with Crippen LogP contribution in [0.15, 0.2) is 0 Å². The number of hydrogen-bond donors (Lipinski definition) is 0. The van der Waals surface area contributed by atoms with Crippen LogP contribution in [0.5, 0.6) is 0 Å². The minimum atomic E-state index is -4.62. The molecule has 0 N–H and O–H groups in total. The number of carbonyl (C=O) groups excluding carboxylic acids is 1. The average Bonchev–Trinajstić information content (AvgIpc) is 2.91. The molecule has 5 nitrogen and oxygen atoms in total. The molecular weight excluding hydrogens is 364 g/mol. The first-order chi connectivity index (χ1) is 12.5. The molecule has 6 heteroatoms. The van der Waals surface area contributed by atoms with Gasteiger partial charge in [-0.3, -0.25) is 8.98 Å². The first kappa shape index (κ1) is 19.8. The minimum Gasteiger partial charge on any atom is -0.726 e. The molecule has 4 rings (SSSR count). The largest absolute Gasteiger partial charge is 0.726 e. The van der Waals surface area contributed by atoms with E-state index in [0.29, 0.717) is 42.3 Å². The maximum absolute atomic E-state index is 12.2. The van der Waals surface area contributed by atoms with Gasteiger partial charge in [0, 0.05) is 5.92 Å². The van der Waals surface area contributed by atoms with Crippen LogP contribution in [0, 0.1) is 40.4 Å². The monoisotopic (exact) mass is 397 g/mol. The van der Waals surface area contributed by atoms with E-state index in [1.165, 1.54) is 19.3 Å². The summed E-state index contributed by atoms with van der Waals surface area (Å²) in [5.74, 6) is 3.04. The van der Waals surface area contributed by atoms with Gasteiger partial charge in [0.2, 0.25) is 10.4 Å². The second-order valence-corrected chi connectivity index (χ2v) is 11.4. The molecule has 4 saturated carbocycles. The van der Waals surface area contributed by atoms with E-state index in [9.17, 15) is 17.8 Å². The van der Waals surface area contributed by atoms with E-state index in [1.54, 1.807) is 6.92 Å². The van der Waals surface area contributed by atoms with Crippen molar-refractivity contribution in [1.82, 2.24) is 0 Å². The zero-order chi connectivity index (χ0) is 19.6. The number of hydrogen-bond acceptors (Lipinski definition) is 5. The first-order valence-electron chi connectivity index (χ1n) is 10.7. The molecule has 0 aromatic heterocycles. The van der Waals surface area contributed by atoms with Crippen LogP contribution in [-0.4, -0.2) is 24.9 Å². The molecule has 4 fully saturated rings. The standard InChI is InChI=1S/C21H34O5S/c1-13(22)17-6-7-18-16-5-4-14-12-15(26-27(23,24)25)8-10-20(14,2)19(16)9-11-21(17,18)3/h14-19H,4-12H2,1-3H3,(H,23,24,25)/p-1/t14-,15-,16-,17+,18-,19-,20-,21+/m0/s1. The minimum absolute atomic E-state index is 0.174. The summed E-state index contributed by atoms with van der Waals surface area (Å²) in [4.78, 5) is 12.2. The number of carbonyl (C=O) groups is 1. The Bertz CT molecular complexity index is 718. The van der Waals surface area contributed by atoms with Crippen molar-refractivity contribution < 1.29 is 21.9 Å². The molecule has 8 atom stereocenters. The Morgan fingerprint density at radius 1 is 0.963 bits per heavy atom. The summed E-state index contributed by atoms with van der Waals surface area (Å²) in [5.41, 5.74) is 0.387. The van der Waals surface area contributed by atoms with E-state index in [0.717, 1.165) is 25.7 Å². The highest BCUT2D eigenvalue weighted by Gasteiger charge is 2.60. The Balaban J connectivity index is 1.53. The molecule has 0 aromatic carbocycles. The number of fused-ring (bicyclic) bond motifs is 5. The highest BCUT2D eigenvalue weighted by molar-refractivity contribution is 7.80. The Morgan fingerprint density at radius 2 is 1.63 bits per heavy atom. The lowest BCUT2D eigenvalue weighted by Crippen LogP contribution is -2.54. The number of rotatable bonds is 3. The van der Waals surface area contributed by atoms with E-state index in [-0.39, 0.29) is 16.7 Å². The molecule has 0 aliphatic heterocycles. The van der Waals surface area contributed by atoms with Crippen LogP contribution < -0.4 is 0 Å². The van der Waals surface area contributed by atoms with Crippen LogP contribution in [0.3, 0.4) is 0 Å². The van der Waals surface area contributed by atoms with E-state index < -0.39 is 16.5 Å². The molecule has 0 radical (unpaired) electrons. The fourth-order valence-corrected chi connectivity index (χ4v) is 8.65. The van der Waals surface area contributed by atoms with Crippen LogP contribution in [0.25, 0.3) is 0 Å². The van der Waals surface area contributed by atoms with Gasteiger partial charge in [-0.15, -0.1) is 0 Å². The summed E-state index contributed by atoms with van der Waals surface area (Å²) in [5, 5.41) is 0. The van der Waals surface area contributed by atoms with Crippen molar-refractivity contribution in [3.63, 3.8) is 0 Å². The molecule has 0 unspecified atom stereocenters.